The second kappa shape index (κ2) is 4.41. The molecule has 6 heteroatoms. The van der Waals surface area contributed by atoms with Crippen molar-refractivity contribution in [2.24, 2.45) is 0 Å². The van der Waals surface area contributed by atoms with Gasteiger partial charge in [-0.25, -0.2) is 13.4 Å². The molecule has 0 amide bonds. The molecule has 1 heterocycles. The lowest BCUT2D eigenvalue weighted by Gasteiger charge is -2.01. The van der Waals surface area contributed by atoms with Gasteiger partial charge >= 0.3 is 0 Å². The van der Waals surface area contributed by atoms with E-state index in [0.29, 0.717) is 4.90 Å². The molecular formula is C11H11IN2O2S. The molecule has 0 fully saturated rings. The van der Waals surface area contributed by atoms with Crippen molar-refractivity contribution >= 4 is 32.4 Å². The minimum Gasteiger partial charge on any atom is -0.341 e. The highest BCUT2D eigenvalue weighted by Crippen LogP contribution is 2.24. The fraction of sp³-hybridized carbons (Fsp3) is 0.182. The second-order valence-corrected chi connectivity index (χ2v) is 6.82. The van der Waals surface area contributed by atoms with Crippen LogP contribution in [-0.2, 0) is 9.84 Å². The van der Waals surface area contributed by atoms with Gasteiger partial charge in [0.1, 0.15) is 9.53 Å². The average molecular weight is 362 g/mol. The fourth-order valence-corrected chi connectivity index (χ4v) is 2.96. The number of aryl methyl sites for hydroxylation is 1. The van der Waals surface area contributed by atoms with Gasteiger partial charge in [-0.1, -0.05) is 12.1 Å². The maximum absolute atomic E-state index is 11.3. The van der Waals surface area contributed by atoms with Crippen molar-refractivity contribution in [3.8, 4) is 11.3 Å². The molecule has 1 aromatic heterocycles. The topological polar surface area (TPSA) is 62.8 Å². The van der Waals surface area contributed by atoms with Crippen LogP contribution in [0.4, 0.5) is 0 Å². The van der Waals surface area contributed by atoms with Crippen LogP contribution >= 0.6 is 22.6 Å². The van der Waals surface area contributed by atoms with E-state index in [9.17, 15) is 8.42 Å². The number of hydrogen-bond acceptors (Lipinski definition) is 3. The molecule has 0 aliphatic heterocycles. The molecule has 0 saturated heterocycles. The number of benzene rings is 1. The molecule has 0 radical (unpaired) electrons. The number of H-pyrrole nitrogens is 1. The third-order valence-corrected chi connectivity index (χ3v) is 4.26. The summed E-state index contributed by atoms with van der Waals surface area (Å²) in [7, 11) is -3.13. The van der Waals surface area contributed by atoms with Gasteiger partial charge in [-0.05, 0) is 41.6 Å². The lowest BCUT2D eigenvalue weighted by molar-refractivity contribution is 0.602. The summed E-state index contributed by atoms with van der Waals surface area (Å²) in [6.07, 6.45) is 1.20. The Labute approximate surface area is 114 Å². The summed E-state index contributed by atoms with van der Waals surface area (Å²) in [5.74, 6) is 0.844. The highest BCUT2D eigenvalue weighted by atomic mass is 127. The lowest BCUT2D eigenvalue weighted by atomic mass is 10.2. The van der Waals surface area contributed by atoms with Crippen LogP contribution in [0, 0.1) is 10.6 Å². The Morgan fingerprint density at radius 1 is 1.24 bits per heavy atom. The molecule has 2 aromatic rings. The molecule has 0 atom stereocenters. The summed E-state index contributed by atoms with van der Waals surface area (Å²) in [6.45, 7) is 1.89. The van der Waals surface area contributed by atoms with Crippen molar-refractivity contribution in [1.29, 1.82) is 0 Å². The first-order valence-corrected chi connectivity index (χ1v) is 7.87. The highest BCUT2D eigenvalue weighted by Gasteiger charge is 2.10. The van der Waals surface area contributed by atoms with Gasteiger partial charge in [0.15, 0.2) is 9.84 Å². The van der Waals surface area contributed by atoms with Crippen LogP contribution in [0.5, 0.6) is 0 Å². The van der Waals surface area contributed by atoms with Crippen LogP contribution in [-0.4, -0.2) is 24.6 Å². The average Bonchev–Trinajstić information content (AvgIpc) is 2.57. The Hall–Kier alpha value is -0.890. The van der Waals surface area contributed by atoms with E-state index in [1.807, 2.05) is 6.92 Å². The number of halogens is 1. The minimum atomic E-state index is -3.13. The van der Waals surface area contributed by atoms with Crippen molar-refractivity contribution in [2.45, 2.75) is 11.8 Å². The normalized spacial score (nSPS) is 11.7. The summed E-state index contributed by atoms with van der Waals surface area (Å²) in [5.41, 5.74) is 1.85. The maximum Gasteiger partial charge on any atom is 0.175 e. The summed E-state index contributed by atoms with van der Waals surface area (Å²) in [6, 6.07) is 6.78. The first-order chi connectivity index (χ1) is 7.88. The van der Waals surface area contributed by atoms with Gasteiger partial charge in [0.25, 0.3) is 0 Å². The predicted molar refractivity (Wildman–Crippen MR) is 74.6 cm³/mol. The molecule has 0 unspecified atom stereocenters. The van der Waals surface area contributed by atoms with Crippen molar-refractivity contribution in [2.75, 3.05) is 6.26 Å². The van der Waals surface area contributed by atoms with E-state index >= 15 is 0 Å². The zero-order valence-electron chi connectivity index (χ0n) is 9.36. The van der Waals surface area contributed by atoms with E-state index in [2.05, 4.69) is 32.6 Å². The van der Waals surface area contributed by atoms with Crippen molar-refractivity contribution in [3.05, 3.63) is 33.8 Å². The zero-order valence-corrected chi connectivity index (χ0v) is 12.3. The maximum atomic E-state index is 11.3. The van der Waals surface area contributed by atoms with Crippen LogP contribution in [0.1, 0.15) is 5.82 Å². The minimum absolute atomic E-state index is 0.326. The fourth-order valence-electron chi connectivity index (χ4n) is 1.52. The Morgan fingerprint density at radius 2 is 1.82 bits per heavy atom. The number of nitrogens with zero attached hydrogens (tertiary/aromatic N) is 1. The number of rotatable bonds is 2. The third-order valence-electron chi connectivity index (χ3n) is 2.35. The van der Waals surface area contributed by atoms with Gasteiger partial charge in [-0.3, -0.25) is 0 Å². The van der Waals surface area contributed by atoms with Gasteiger partial charge < -0.3 is 4.98 Å². The molecule has 90 valence electrons. The van der Waals surface area contributed by atoms with E-state index < -0.39 is 9.84 Å². The number of hydrogen-bond donors (Lipinski definition) is 1. The first kappa shape index (κ1) is 12.6. The third kappa shape index (κ3) is 2.68. The van der Waals surface area contributed by atoms with Gasteiger partial charge in [-0.2, -0.15) is 0 Å². The van der Waals surface area contributed by atoms with Gasteiger partial charge in [0, 0.05) is 11.8 Å². The number of sulfone groups is 1. The molecule has 0 aliphatic rings. The molecule has 2 rings (SSSR count). The van der Waals surface area contributed by atoms with Crippen LogP contribution in [0.2, 0.25) is 0 Å². The van der Waals surface area contributed by atoms with Crippen LogP contribution < -0.4 is 0 Å². The molecule has 0 bridgehead atoms. The number of aromatic amines is 1. The number of imidazole rings is 1. The Balaban J connectivity index is 2.46. The monoisotopic (exact) mass is 362 g/mol. The van der Waals surface area contributed by atoms with E-state index in [4.69, 9.17) is 0 Å². The molecule has 0 spiro atoms. The van der Waals surface area contributed by atoms with Gasteiger partial charge in [-0.15, -0.1) is 0 Å². The highest BCUT2D eigenvalue weighted by molar-refractivity contribution is 14.1. The first-order valence-electron chi connectivity index (χ1n) is 4.90. The van der Waals surface area contributed by atoms with Crippen molar-refractivity contribution in [1.82, 2.24) is 9.97 Å². The number of nitrogens with one attached hydrogen (secondary N) is 1. The zero-order chi connectivity index (χ0) is 12.6. The Bertz CT molecular complexity index is 645. The molecule has 1 aromatic carbocycles. The van der Waals surface area contributed by atoms with E-state index in [0.717, 1.165) is 20.8 Å². The molecule has 0 saturated carbocycles. The molecule has 17 heavy (non-hydrogen) atoms. The summed E-state index contributed by atoms with van der Waals surface area (Å²) < 4.78 is 23.5. The Morgan fingerprint density at radius 3 is 2.24 bits per heavy atom. The molecule has 4 nitrogen and oxygen atoms in total. The van der Waals surface area contributed by atoms with Gasteiger partial charge in [0.05, 0.1) is 10.6 Å². The molecule has 1 N–H and O–H groups in total. The quantitative estimate of drug-likeness (QED) is 0.835. The van der Waals surface area contributed by atoms with Crippen LogP contribution in [0.3, 0.4) is 0 Å². The van der Waals surface area contributed by atoms with E-state index in [1.165, 1.54) is 6.26 Å². The molecular weight excluding hydrogens is 351 g/mol. The second-order valence-electron chi connectivity index (χ2n) is 3.78. The SMILES string of the molecule is Cc1nc(I)c(-c2ccc(S(C)(=O)=O)cc2)[nH]1. The Kier molecular flexibility index (Phi) is 3.26. The number of aromatic nitrogens is 2. The largest absolute Gasteiger partial charge is 0.341 e. The van der Waals surface area contributed by atoms with Crippen molar-refractivity contribution in [3.63, 3.8) is 0 Å². The predicted octanol–water partition coefficient (Wildman–Crippen LogP) is 2.39. The summed E-state index contributed by atoms with van der Waals surface area (Å²) in [4.78, 5) is 7.75. The standard InChI is InChI=1S/C11H11IN2O2S/c1-7-13-10(11(12)14-7)8-3-5-9(6-4-8)17(2,15)16/h3-6H,1-2H3,(H,13,14). The van der Waals surface area contributed by atoms with E-state index in [1.54, 1.807) is 24.3 Å². The molecule has 0 aliphatic carbocycles. The van der Waals surface area contributed by atoms with Crippen molar-refractivity contribution < 1.29 is 8.42 Å². The summed E-state index contributed by atoms with van der Waals surface area (Å²) >= 11 is 2.15. The lowest BCUT2D eigenvalue weighted by Crippen LogP contribution is -1.96. The van der Waals surface area contributed by atoms with Crippen LogP contribution in [0.25, 0.3) is 11.3 Å². The van der Waals surface area contributed by atoms with E-state index in [-0.39, 0.29) is 0 Å². The van der Waals surface area contributed by atoms with Crippen LogP contribution in [0.15, 0.2) is 29.2 Å². The van der Waals surface area contributed by atoms with Gasteiger partial charge in [0.2, 0.25) is 0 Å². The summed E-state index contributed by atoms with van der Waals surface area (Å²) in [5, 5.41) is 0. The smallest absolute Gasteiger partial charge is 0.175 e.